The summed E-state index contributed by atoms with van der Waals surface area (Å²) in [7, 11) is 0. The molecular weight excluding hydrogens is 261 g/mol. The standard InChI is InChI=1S/C15H20FNO3/c1-3-13-9-20-10(2)7-17(13)8-12-5-4-11(15(18)19)6-14(12)16/h4-6,10,13H,3,7-9H2,1-2H3,(H,18,19). The van der Waals surface area contributed by atoms with E-state index in [1.165, 1.54) is 6.07 Å². The van der Waals surface area contributed by atoms with Crippen LogP contribution < -0.4 is 0 Å². The van der Waals surface area contributed by atoms with E-state index in [0.717, 1.165) is 19.0 Å². The van der Waals surface area contributed by atoms with E-state index in [4.69, 9.17) is 9.84 Å². The molecule has 1 saturated heterocycles. The Morgan fingerprint density at radius 1 is 1.55 bits per heavy atom. The van der Waals surface area contributed by atoms with Gasteiger partial charge in [0.25, 0.3) is 0 Å². The van der Waals surface area contributed by atoms with Crippen molar-refractivity contribution in [1.29, 1.82) is 0 Å². The number of rotatable bonds is 4. The summed E-state index contributed by atoms with van der Waals surface area (Å²) in [6.45, 7) is 5.99. The highest BCUT2D eigenvalue weighted by atomic mass is 19.1. The first-order valence-corrected chi connectivity index (χ1v) is 6.88. The third-order valence-corrected chi connectivity index (χ3v) is 3.73. The number of nitrogens with zero attached hydrogens (tertiary/aromatic N) is 1. The minimum absolute atomic E-state index is 0.0198. The van der Waals surface area contributed by atoms with Crippen LogP contribution in [0.1, 0.15) is 36.2 Å². The third-order valence-electron chi connectivity index (χ3n) is 3.73. The molecule has 0 bridgehead atoms. The normalized spacial score (nSPS) is 23.8. The molecule has 2 unspecified atom stereocenters. The van der Waals surface area contributed by atoms with Gasteiger partial charge in [0.05, 0.1) is 18.3 Å². The van der Waals surface area contributed by atoms with E-state index in [0.29, 0.717) is 18.7 Å². The molecule has 0 spiro atoms. The van der Waals surface area contributed by atoms with Crippen LogP contribution in [0.2, 0.25) is 0 Å². The molecule has 5 heteroatoms. The van der Waals surface area contributed by atoms with Gasteiger partial charge in [-0.1, -0.05) is 13.0 Å². The number of carboxylic acids is 1. The minimum atomic E-state index is -1.11. The molecule has 1 N–H and O–H groups in total. The van der Waals surface area contributed by atoms with Crippen molar-refractivity contribution in [3.63, 3.8) is 0 Å². The Kier molecular flexibility index (Phi) is 4.73. The molecule has 1 aromatic rings. The van der Waals surface area contributed by atoms with Crippen molar-refractivity contribution in [2.45, 2.75) is 39.0 Å². The number of morpholine rings is 1. The maximum Gasteiger partial charge on any atom is 0.335 e. The van der Waals surface area contributed by atoms with Crippen LogP contribution in [0.15, 0.2) is 18.2 Å². The summed E-state index contributed by atoms with van der Waals surface area (Å²) in [5, 5.41) is 8.84. The molecule has 2 atom stereocenters. The van der Waals surface area contributed by atoms with Crippen molar-refractivity contribution >= 4 is 5.97 Å². The number of hydrogen-bond acceptors (Lipinski definition) is 3. The quantitative estimate of drug-likeness (QED) is 0.921. The van der Waals surface area contributed by atoms with Crippen molar-refractivity contribution in [1.82, 2.24) is 4.90 Å². The fourth-order valence-corrected chi connectivity index (χ4v) is 2.51. The molecular formula is C15H20FNO3. The molecule has 1 aliphatic rings. The Bertz CT molecular complexity index is 492. The topological polar surface area (TPSA) is 49.8 Å². The number of aromatic carboxylic acids is 1. The number of ether oxygens (including phenoxy) is 1. The van der Waals surface area contributed by atoms with Crippen molar-refractivity contribution in [3.05, 3.63) is 35.1 Å². The summed E-state index contributed by atoms with van der Waals surface area (Å²) in [6, 6.07) is 4.38. The average molecular weight is 281 g/mol. The smallest absolute Gasteiger partial charge is 0.335 e. The molecule has 20 heavy (non-hydrogen) atoms. The zero-order valence-corrected chi connectivity index (χ0v) is 11.8. The summed E-state index contributed by atoms with van der Waals surface area (Å²) in [5.74, 6) is -1.57. The first-order valence-electron chi connectivity index (χ1n) is 6.88. The fourth-order valence-electron chi connectivity index (χ4n) is 2.51. The monoisotopic (exact) mass is 281 g/mol. The van der Waals surface area contributed by atoms with Crippen LogP contribution in [-0.2, 0) is 11.3 Å². The molecule has 110 valence electrons. The molecule has 0 aliphatic carbocycles. The van der Waals surface area contributed by atoms with E-state index in [1.54, 1.807) is 6.07 Å². The van der Waals surface area contributed by atoms with Crippen LogP contribution in [0.25, 0.3) is 0 Å². The summed E-state index contributed by atoms with van der Waals surface area (Å²) in [4.78, 5) is 13.0. The van der Waals surface area contributed by atoms with Crippen molar-refractivity contribution < 1.29 is 19.0 Å². The van der Waals surface area contributed by atoms with Crippen molar-refractivity contribution in [2.75, 3.05) is 13.2 Å². The molecule has 1 heterocycles. The average Bonchev–Trinajstić information content (AvgIpc) is 2.41. The van der Waals surface area contributed by atoms with Crippen LogP contribution in [0, 0.1) is 5.82 Å². The molecule has 2 rings (SSSR count). The largest absolute Gasteiger partial charge is 0.478 e. The molecule has 1 aliphatic heterocycles. The lowest BCUT2D eigenvalue weighted by molar-refractivity contribution is -0.0595. The zero-order valence-electron chi connectivity index (χ0n) is 11.8. The second-order valence-electron chi connectivity index (χ2n) is 5.25. The van der Waals surface area contributed by atoms with Gasteiger partial charge in [-0.05, 0) is 25.5 Å². The minimum Gasteiger partial charge on any atom is -0.478 e. The second kappa shape index (κ2) is 6.33. The molecule has 1 aromatic carbocycles. The van der Waals surface area contributed by atoms with Crippen LogP contribution in [-0.4, -0.2) is 41.3 Å². The number of carboxylic acid groups (broad SMARTS) is 1. The van der Waals surface area contributed by atoms with E-state index in [1.807, 2.05) is 6.92 Å². The lowest BCUT2D eigenvalue weighted by Crippen LogP contribution is -2.48. The fraction of sp³-hybridized carbons (Fsp3) is 0.533. The van der Waals surface area contributed by atoms with Gasteiger partial charge in [-0.15, -0.1) is 0 Å². The van der Waals surface area contributed by atoms with E-state index in [-0.39, 0.29) is 17.7 Å². The maximum atomic E-state index is 14.0. The molecule has 0 saturated carbocycles. The van der Waals surface area contributed by atoms with Gasteiger partial charge in [-0.25, -0.2) is 9.18 Å². The molecule has 1 fully saturated rings. The maximum absolute atomic E-state index is 14.0. The van der Waals surface area contributed by atoms with Crippen LogP contribution in [0.3, 0.4) is 0 Å². The Balaban J connectivity index is 2.13. The predicted octanol–water partition coefficient (Wildman–Crippen LogP) is 2.52. The van der Waals surface area contributed by atoms with Gasteiger partial charge < -0.3 is 9.84 Å². The Morgan fingerprint density at radius 2 is 2.30 bits per heavy atom. The summed E-state index contributed by atoms with van der Waals surface area (Å²) in [5.41, 5.74) is 0.510. The highest BCUT2D eigenvalue weighted by molar-refractivity contribution is 5.87. The van der Waals surface area contributed by atoms with Crippen molar-refractivity contribution in [2.24, 2.45) is 0 Å². The van der Waals surface area contributed by atoms with Gasteiger partial charge in [0.2, 0.25) is 0 Å². The third kappa shape index (κ3) is 3.35. The van der Waals surface area contributed by atoms with Crippen LogP contribution >= 0.6 is 0 Å². The lowest BCUT2D eigenvalue weighted by Gasteiger charge is -2.38. The Hall–Kier alpha value is -1.46. The second-order valence-corrected chi connectivity index (χ2v) is 5.25. The van der Waals surface area contributed by atoms with Crippen LogP contribution in [0.5, 0.6) is 0 Å². The van der Waals surface area contributed by atoms with E-state index >= 15 is 0 Å². The Labute approximate surface area is 118 Å². The number of benzene rings is 1. The first kappa shape index (κ1) is 14.9. The van der Waals surface area contributed by atoms with Gasteiger partial charge in [-0.3, -0.25) is 4.90 Å². The van der Waals surface area contributed by atoms with Gasteiger partial charge in [0.15, 0.2) is 0 Å². The SMILES string of the molecule is CCC1COC(C)CN1Cc1ccc(C(=O)O)cc1F. The van der Waals surface area contributed by atoms with E-state index < -0.39 is 11.8 Å². The first-order chi connectivity index (χ1) is 9.51. The molecule has 0 radical (unpaired) electrons. The summed E-state index contributed by atoms with van der Waals surface area (Å²) >= 11 is 0. The highest BCUT2D eigenvalue weighted by Gasteiger charge is 2.26. The van der Waals surface area contributed by atoms with Gasteiger partial charge >= 0.3 is 5.97 Å². The molecule has 0 aromatic heterocycles. The van der Waals surface area contributed by atoms with Gasteiger partial charge in [0, 0.05) is 24.7 Å². The lowest BCUT2D eigenvalue weighted by atomic mass is 10.1. The van der Waals surface area contributed by atoms with Gasteiger partial charge in [0.1, 0.15) is 5.82 Å². The van der Waals surface area contributed by atoms with Crippen molar-refractivity contribution in [3.8, 4) is 0 Å². The highest BCUT2D eigenvalue weighted by Crippen LogP contribution is 2.20. The number of halogens is 1. The van der Waals surface area contributed by atoms with E-state index in [9.17, 15) is 9.18 Å². The zero-order chi connectivity index (χ0) is 14.7. The van der Waals surface area contributed by atoms with E-state index in [2.05, 4.69) is 11.8 Å². The Morgan fingerprint density at radius 3 is 2.90 bits per heavy atom. The number of hydrogen-bond donors (Lipinski definition) is 1. The number of carbonyl (C=O) groups is 1. The summed E-state index contributed by atoms with van der Waals surface area (Å²) in [6.07, 6.45) is 1.08. The molecule has 0 amide bonds. The predicted molar refractivity (Wildman–Crippen MR) is 73.3 cm³/mol. The summed E-state index contributed by atoms with van der Waals surface area (Å²) < 4.78 is 19.6. The van der Waals surface area contributed by atoms with Gasteiger partial charge in [-0.2, -0.15) is 0 Å². The van der Waals surface area contributed by atoms with Crippen LogP contribution in [0.4, 0.5) is 4.39 Å². The molecule has 4 nitrogen and oxygen atoms in total.